The zero-order valence-corrected chi connectivity index (χ0v) is 13.5. The number of nitrogens with one attached hydrogen (secondary N) is 2. The first-order chi connectivity index (χ1) is 11.7. The summed E-state index contributed by atoms with van der Waals surface area (Å²) in [6.07, 6.45) is 0.902. The number of hydrogen-bond donors (Lipinski definition) is 2. The van der Waals surface area contributed by atoms with Gasteiger partial charge >= 0.3 is 6.03 Å². The quantitative estimate of drug-likeness (QED) is 0.890. The average molecular weight is 323 g/mol. The van der Waals surface area contributed by atoms with E-state index < -0.39 is 0 Å². The minimum Gasteiger partial charge on any atom is -0.334 e. The Kier molecular flexibility index (Phi) is 3.94. The summed E-state index contributed by atoms with van der Waals surface area (Å²) in [5.41, 5.74) is 1.06. The molecule has 2 unspecified atom stereocenters. The summed E-state index contributed by atoms with van der Waals surface area (Å²) in [6, 6.07) is 13.9. The number of piperidine rings is 2. The Balaban J connectivity index is 1.47. The van der Waals surface area contributed by atoms with E-state index in [1.807, 2.05) is 24.3 Å². The lowest BCUT2D eigenvalue weighted by Crippen LogP contribution is -2.58. The van der Waals surface area contributed by atoms with Gasteiger partial charge in [-0.25, -0.2) is 4.79 Å². The monoisotopic (exact) mass is 323 g/mol. The van der Waals surface area contributed by atoms with E-state index in [9.17, 15) is 9.59 Å². The molecule has 2 aromatic rings. The fourth-order valence-corrected chi connectivity index (χ4v) is 3.82. The number of benzene rings is 2. The van der Waals surface area contributed by atoms with Gasteiger partial charge in [0.25, 0.3) is 0 Å². The molecule has 2 aliphatic heterocycles. The predicted octanol–water partition coefficient (Wildman–Crippen LogP) is 2.12. The number of fused-ring (bicyclic) bond motifs is 3. The summed E-state index contributed by atoms with van der Waals surface area (Å²) in [5, 5.41) is 8.48. The van der Waals surface area contributed by atoms with Gasteiger partial charge in [0.15, 0.2) is 0 Å². The first kappa shape index (κ1) is 15.1. The number of carbonyl (C=O) groups excluding carboxylic acids is 2. The van der Waals surface area contributed by atoms with Crippen LogP contribution >= 0.6 is 0 Å². The third kappa shape index (κ3) is 2.76. The van der Waals surface area contributed by atoms with Gasteiger partial charge in [0.05, 0.1) is 5.92 Å². The smallest absolute Gasteiger partial charge is 0.324 e. The Bertz CT molecular complexity index is 784. The van der Waals surface area contributed by atoms with Crippen molar-refractivity contribution in [1.29, 1.82) is 0 Å². The topological polar surface area (TPSA) is 61.4 Å². The number of rotatable bonds is 2. The maximum atomic E-state index is 12.5. The van der Waals surface area contributed by atoms with Gasteiger partial charge in [-0.1, -0.05) is 42.5 Å². The van der Waals surface area contributed by atoms with Crippen LogP contribution in [0.2, 0.25) is 0 Å². The molecule has 5 nitrogen and oxygen atoms in total. The maximum absolute atomic E-state index is 12.5. The second kappa shape index (κ2) is 6.24. The number of likely N-dealkylation sites (tertiary alicyclic amines) is 1. The van der Waals surface area contributed by atoms with Gasteiger partial charge in [-0.2, -0.15) is 0 Å². The Labute approximate surface area is 141 Å². The highest BCUT2D eigenvalue weighted by Crippen LogP contribution is 2.26. The fraction of sp³-hybridized carbons (Fsp3) is 0.368. The van der Waals surface area contributed by atoms with Crippen molar-refractivity contribution in [2.45, 2.75) is 13.0 Å². The van der Waals surface area contributed by atoms with Crippen molar-refractivity contribution in [2.75, 3.05) is 19.6 Å². The summed E-state index contributed by atoms with van der Waals surface area (Å²) < 4.78 is 0. The van der Waals surface area contributed by atoms with E-state index in [2.05, 4.69) is 28.8 Å². The molecule has 2 bridgehead atoms. The standard InChI is InChI=1S/C19H21N3O2/c23-18-16-8-13(9-20-10-16)12-22(18)19(24)21-11-15-6-3-5-14-4-1-2-7-17(14)15/h1-7,13,16,20H,8-12H2,(H,21,24). The van der Waals surface area contributed by atoms with Crippen LogP contribution in [-0.4, -0.2) is 36.5 Å². The van der Waals surface area contributed by atoms with E-state index in [0.29, 0.717) is 25.6 Å². The van der Waals surface area contributed by atoms with Crippen LogP contribution in [0.4, 0.5) is 4.79 Å². The SMILES string of the molecule is O=C(NCc1cccc2ccccc12)N1CC2CNCC(C2)C1=O. The summed E-state index contributed by atoms with van der Waals surface area (Å²) in [5.74, 6) is 0.277. The number of imide groups is 1. The summed E-state index contributed by atoms with van der Waals surface area (Å²) in [7, 11) is 0. The van der Waals surface area contributed by atoms with Crippen LogP contribution in [0.15, 0.2) is 42.5 Å². The van der Waals surface area contributed by atoms with Crippen LogP contribution in [0, 0.1) is 11.8 Å². The fourth-order valence-electron chi connectivity index (χ4n) is 3.82. The van der Waals surface area contributed by atoms with Crippen molar-refractivity contribution in [3.63, 3.8) is 0 Å². The first-order valence-corrected chi connectivity index (χ1v) is 8.49. The number of carbonyl (C=O) groups is 2. The number of hydrogen-bond acceptors (Lipinski definition) is 3. The van der Waals surface area contributed by atoms with Crippen molar-refractivity contribution in [3.8, 4) is 0 Å². The third-order valence-corrected chi connectivity index (χ3v) is 5.05. The molecule has 3 amide bonds. The lowest BCUT2D eigenvalue weighted by Gasteiger charge is -2.39. The van der Waals surface area contributed by atoms with Gasteiger partial charge in [-0.05, 0) is 35.2 Å². The summed E-state index contributed by atoms with van der Waals surface area (Å²) >= 11 is 0. The minimum atomic E-state index is -0.274. The van der Waals surface area contributed by atoms with E-state index in [4.69, 9.17) is 0 Å². The van der Waals surface area contributed by atoms with Gasteiger partial charge in [0.1, 0.15) is 0 Å². The molecule has 4 rings (SSSR count). The molecule has 0 radical (unpaired) electrons. The van der Waals surface area contributed by atoms with E-state index in [1.165, 1.54) is 4.90 Å². The molecule has 24 heavy (non-hydrogen) atoms. The van der Waals surface area contributed by atoms with Crippen molar-refractivity contribution >= 4 is 22.7 Å². The Morgan fingerprint density at radius 3 is 2.92 bits per heavy atom. The molecule has 2 aromatic carbocycles. The predicted molar refractivity (Wildman–Crippen MR) is 92.4 cm³/mol. The van der Waals surface area contributed by atoms with Crippen LogP contribution < -0.4 is 10.6 Å². The number of nitrogens with zero attached hydrogens (tertiary/aromatic N) is 1. The number of amides is 3. The molecule has 2 heterocycles. The average Bonchev–Trinajstić information content (AvgIpc) is 2.63. The van der Waals surface area contributed by atoms with E-state index >= 15 is 0 Å². The molecular formula is C19H21N3O2. The van der Waals surface area contributed by atoms with Crippen molar-refractivity contribution in [3.05, 3.63) is 48.0 Å². The van der Waals surface area contributed by atoms with E-state index in [1.54, 1.807) is 0 Å². The first-order valence-electron chi connectivity index (χ1n) is 8.49. The maximum Gasteiger partial charge on any atom is 0.324 e. The highest BCUT2D eigenvalue weighted by atomic mass is 16.2. The van der Waals surface area contributed by atoms with Gasteiger partial charge in [-0.3, -0.25) is 9.69 Å². The largest absolute Gasteiger partial charge is 0.334 e. The number of urea groups is 1. The Morgan fingerprint density at radius 2 is 2.00 bits per heavy atom. The van der Waals surface area contributed by atoms with Gasteiger partial charge < -0.3 is 10.6 Å². The molecule has 2 N–H and O–H groups in total. The normalized spacial score (nSPS) is 23.3. The van der Waals surface area contributed by atoms with Gasteiger partial charge in [0.2, 0.25) is 5.91 Å². The molecule has 0 aromatic heterocycles. The Hall–Kier alpha value is -2.40. The van der Waals surface area contributed by atoms with Crippen molar-refractivity contribution in [2.24, 2.45) is 11.8 Å². The van der Waals surface area contributed by atoms with Crippen LogP contribution in [0.3, 0.4) is 0 Å². The molecule has 5 heteroatoms. The zero-order chi connectivity index (χ0) is 16.5. The lowest BCUT2D eigenvalue weighted by molar-refractivity contribution is -0.137. The molecule has 2 saturated heterocycles. The lowest BCUT2D eigenvalue weighted by atomic mass is 9.85. The van der Waals surface area contributed by atoms with Crippen molar-refractivity contribution < 1.29 is 9.59 Å². The van der Waals surface area contributed by atoms with Crippen LogP contribution in [0.1, 0.15) is 12.0 Å². The van der Waals surface area contributed by atoms with Gasteiger partial charge in [-0.15, -0.1) is 0 Å². The second-order valence-electron chi connectivity index (χ2n) is 6.70. The van der Waals surface area contributed by atoms with E-state index in [0.717, 1.165) is 29.3 Å². The molecule has 0 aliphatic carbocycles. The zero-order valence-electron chi connectivity index (χ0n) is 13.5. The Morgan fingerprint density at radius 1 is 1.17 bits per heavy atom. The van der Waals surface area contributed by atoms with Gasteiger partial charge in [0, 0.05) is 19.6 Å². The molecule has 2 fully saturated rings. The summed E-state index contributed by atoms with van der Waals surface area (Å²) in [4.78, 5) is 26.4. The molecule has 2 aliphatic rings. The summed E-state index contributed by atoms with van der Waals surface area (Å²) in [6.45, 7) is 2.51. The third-order valence-electron chi connectivity index (χ3n) is 5.05. The minimum absolute atomic E-state index is 0.0473. The second-order valence-corrected chi connectivity index (χ2v) is 6.70. The molecule has 2 atom stereocenters. The highest BCUT2D eigenvalue weighted by Gasteiger charge is 2.39. The molecule has 124 valence electrons. The highest BCUT2D eigenvalue weighted by molar-refractivity contribution is 5.96. The van der Waals surface area contributed by atoms with Crippen LogP contribution in [0.5, 0.6) is 0 Å². The van der Waals surface area contributed by atoms with Crippen molar-refractivity contribution in [1.82, 2.24) is 15.5 Å². The van der Waals surface area contributed by atoms with Crippen LogP contribution in [0.25, 0.3) is 10.8 Å². The van der Waals surface area contributed by atoms with Crippen LogP contribution in [-0.2, 0) is 11.3 Å². The van der Waals surface area contributed by atoms with E-state index in [-0.39, 0.29) is 17.9 Å². The molecular weight excluding hydrogens is 302 g/mol. The molecule has 0 spiro atoms. The molecule has 0 saturated carbocycles.